The molecule has 31 heavy (non-hydrogen) atoms. The zero-order valence-corrected chi connectivity index (χ0v) is 20.1. The Morgan fingerprint density at radius 1 is 1.16 bits per heavy atom. The molecular formula is C25H31BrN2O3. The van der Waals surface area contributed by atoms with Crippen LogP contribution in [-0.2, 0) is 16.1 Å². The first-order valence-electron chi connectivity index (χ1n) is 10.9. The molecule has 3 rings (SSSR count). The lowest BCUT2D eigenvalue weighted by atomic mass is 10.1. The fourth-order valence-electron chi connectivity index (χ4n) is 3.91. The molecule has 1 fully saturated rings. The Bertz CT molecular complexity index is 925. The molecule has 1 aliphatic carbocycles. The summed E-state index contributed by atoms with van der Waals surface area (Å²) in [5.74, 6) is 0.371. The molecule has 1 saturated carbocycles. The molecule has 2 aromatic carbocycles. The lowest BCUT2D eigenvalue weighted by Crippen LogP contribution is -2.50. The number of hydrogen-bond donors (Lipinski definition) is 1. The van der Waals surface area contributed by atoms with Crippen molar-refractivity contribution < 1.29 is 14.3 Å². The molecule has 2 amide bonds. The van der Waals surface area contributed by atoms with Gasteiger partial charge >= 0.3 is 0 Å². The van der Waals surface area contributed by atoms with Crippen molar-refractivity contribution in [2.24, 2.45) is 0 Å². The van der Waals surface area contributed by atoms with Crippen molar-refractivity contribution in [2.75, 3.05) is 6.61 Å². The summed E-state index contributed by atoms with van der Waals surface area (Å²) in [7, 11) is 0. The van der Waals surface area contributed by atoms with E-state index in [-0.39, 0.29) is 24.5 Å². The average molecular weight is 487 g/mol. The second-order valence-corrected chi connectivity index (χ2v) is 9.22. The Hall–Kier alpha value is -2.34. The highest BCUT2D eigenvalue weighted by Gasteiger charge is 2.28. The number of aryl methyl sites for hydroxylation is 1. The molecule has 0 spiro atoms. The second-order valence-electron chi connectivity index (χ2n) is 8.30. The van der Waals surface area contributed by atoms with Gasteiger partial charge in [0.05, 0.1) is 0 Å². The highest BCUT2D eigenvalue weighted by molar-refractivity contribution is 9.10. The summed E-state index contributed by atoms with van der Waals surface area (Å²) in [4.78, 5) is 27.7. The number of ether oxygens (including phenoxy) is 1. The molecule has 0 saturated heterocycles. The van der Waals surface area contributed by atoms with Crippen LogP contribution < -0.4 is 10.1 Å². The number of carbonyl (C=O) groups is 2. The predicted molar refractivity (Wildman–Crippen MR) is 126 cm³/mol. The lowest BCUT2D eigenvalue weighted by Gasteiger charge is -2.30. The molecule has 5 nitrogen and oxygen atoms in total. The van der Waals surface area contributed by atoms with Crippen LogP contribution in [0.1, 0.15) is 49.3 Å². The van der Waals surface area contributed by atoms with Gasteiger partial charge in [-0.1, -0.05) is 53.0 Å². The molecule has 0 aliphatic heterocycles. The molecule has 0 aromatic heterocycles. The van der Waals surface area contributed by atoms with Crippen LogP contribution in [0.4, 0.5) is 0 Å². The topological polar surface area (TPSA) is 58.6 Å². The first-order valence-corrected chi connectivity index (χ1v) is 11.7. The molecule has 1 aliphatic rings. The van der Waals surface area contributed by atoms with Crippen molar-refractivity contribution in [3.8, 4) is 5.75 Å². The monoisotopic (exact) mass is 486 g/mol. The van der Waals surface area contributed by atoms with Gasteiger partial charge in [-0.25, -0.2) is 0 Å². The lowest BCUT2D eigenvalue weighted by molar-refractivity contribution is -0.142. The third kappa shape index (κ3) is 6.33. The SMILES string of the molecule is Cc1cccc(OCC(=O)N(Cc2cccc(Br)c2)[C@H](C)C(=O)NC2CCCC2)c1C. The fourth-order valence-corrected chi connectivity index (χ4v) is 4.36. The van der Waals surface area contributed by atoms with E-state index < -0.39 is 6.04 Å². The number of hydrogen-bond acceptors (Lipinski definition) is 3. The van der Waals surface area contributed by atoms with Crippen LogP contribution >= 0.6 is 15.9 Å². The highest BCUT2D eigenvalue weighted by atomic mass is 79.9. The predicted octanol–water partition coefficient (Wildman–Crippen LogP) is 4.92. The van der Waals surface area contributed by atoms with E-state index in [0.717, 1.165) is 46.8 Å². The number of nitrogens with one attached hydrogen (secondary N) is 1. The summed E-state index contributed by atoms with van der Waals surface area (Å²) < 4.78 is 6.79. The number of nitrogens with zero attached hydrogens (tertiary/aromatic N) is 1. The second kappa shape index (κ2) is 10.8. The molecule has 6 heteroatoms. The number of rotatable bonds is 8. The van der Waals surface area contributed by atoms with E-state index in [1.54, 1.807) is 11.8 Å². The van der Waals surface area contributed by atoms with Crippen molar-refractivity contribution >= 4 is 27.7 Å². The van der Waals surface area contributed by atoms with Gasteiger partial charge in [0.2, 0.25) is 5.91 Å². The van der Waals surface area contributed by atoms with Crippen LogP contribution in [0.15, 0.2) is 46.9 Å². The van der Waals surface area contributed by atoms with Crippen LogP contribution in [0.25, 0.3) is 0 Å². The van der Waals surface area contributed by atoms with Gasteiger partial charge in [-0.3, -0.25) is 9.59 Å². The van der Waals surface area contributed by atoms with Crippen LogP contribution in [0.3, 0.4) is 0 Å². The molecule has 1 atom stereocenters. The van der Waals surface area contributed by atoms with Gasteiger partial charge in [0.1, 0.15) is 11.8 Å². The summed E-state index contributed by atoms with van der Waals surface area (Å²) in [6, 6.07) is 13.2. The van der Waals surface area contributed by atoms with Crippen LogP contribution in [0, 0.1) is 13.8 Å². The van der Waals surface area contributed by atoms with E-state index in [1.807, 2.05) is 56.3 Å². The summed E-state index contributed by atoms with van der Waals surface area (Å²) in [5, 5.41) is 3.12. The normalized spacial score (nSPS) is 14.8. The van der Waals surface area contributed by atoms with Crippen molar-refractivity contribution in [1.82, 2.24) is 10.2 Å². The summed E-state index contributed by atoms with van der Waals surface area (Å²) >= 11 is 3.48. The quantitative estimate of drug-likeness (QED) is 0.575. The third-order valence-corrected chi connectivity index (χ3v) is 6.51. The van der Waals surface area contributed by atoms with Gasteiger partial charge in [0.15, 0.2) is 6.61 Å². The van der Waals surface area contributed by atoms with Gasteiger partial charge in [-0.15, -0.1) is 0 Å². The molecule has 2 aromatic rings. The average Bonchev–Trinajstić information content (AvgIpc) is 3.25. The fraction of sp³-hybridized carbons (Fsp3) is 0.440. The minimum absolute atomic E-state index is 0.109. The number of carbonyl (C=O) groups excluding carboxylic acids is 2. The Labute approximate surface area is 193 Å². The van der Waals surface area contributed by atoms with Crippen LogP contribution in [0.2, 0.25) is 0 Å². The maximum absolute atomic E-state index is 13.2. The Balaban J connectivity index is 1.74. The van der Waals surface area contributed by atoms with Crippen LogP contribution in [-0.4, -0.2) is 35.4 Å². The molecule has 1 N–H and O–H groups in total. The number of amides is 2. The van der Waals surface area contributed by atoms with Gasteiger partial charge in [0.25, 0.3) is 5.91 Å². The Morgan fingerprint density at radius 2 is 1.87 bits per heavy atom. The Morgan fingerprint density at radius 3 is 2.58 bits per heavy atom. The summed E-state index contributed by atoms with van der Waals surface area (Å²) in [5.41, 5.74) is 3.08. The van der Waals surface area contributed by atoms with E-state index in [1.165, 1.54) is 0 Å². The minimum atomic E-state index is -0.589. The van der Waals surface area contributed by atoms with Crippen molar-refractivity contribution in [2.45, 2.75) is 65.1 Å². The highest BCUT2D eigenvalue weighted by Crippen LogP contribution is 2.22. The summed E-state index contributed by atoms with van der Waals surface area (Å²) in [6.45, 7) is 6.01. The van der Waals surface area contributed by atoms with Crippen molar-refractivity contribution in [3.63, 3.8) is 0 Å². The van der Waals surface area contributed by atoms with Gasteiger partial charge < -0.3 is 15.0 Å². The van der Waals surface area contributed by atoms with Crippen LogP contribution in [0.5, 0.6) is 5.75 Å². The van der Waals surface area contributed by atoms with E-state index >= 15 is 0 Å². The first kappa shape index (κ1) is 23.3. The van der Waals surface area contributed by atoms with Gasteiger partial charge in [-0.2, -0.15) is 0 Å². The van der Waals surface area contributed by atoms with Gasteiger partial charge in [-0.05, 0) is 68.5 Å². The van der Waals surface area contributed by atoms with Gasteiger partial charge in [0, 0.05) is 17.1 Å². The molecule has 166 valence electrons. The minimum Gasteiger partial charge on any atom is -0.483 e. The zero-order chi connectivity index (χ0) is 22.4. The molecule has 0 radical (unpaired) electrons. The van der Waals surface area contributed by atoms with E-state index in [4.69, 9.17) is 4.74 Å². The third-order valence-electron chi connectivity index (χ3n) is 6.02. The van der Waals surface area contributed by atoms with E-state index in [0.29, 0.717) is 12.3 Å². The number of halogens is 1. The maximum atomic E-state index is 13.2. The summed E-state index contributed by atoms with van der Waals surface area (Å²) in [6.07, 6.45) is 4.30. The number of benzene rings is 2. The zero-order valence-electron chi connectivity index (χ0n) is 18.5. The van der Waals surface area contributed by atoms with Crippen molar-refractivity contribution in [1.29, 1.82) is 0 Å². The van der Waals surface area contributed by atoms with Crippen molar-refractivity contribution in [3.05, 3.63) is 63.6 Å². The first-order chi connectivity index (χ1) is 14.8. The van der Waals surface area contributed by atoms with E-state index in [2.05, 4.69) is 21.2 Å². The molecular weight excluding hydrogens is 456 g/mol. The standard InChI is InChI=1S/C25H31BrN2O3/c1-17-8-6-13-23(18(17)2)31-16-24(29)28(15-20-9-7-10-21(26)14-20)19(3)25(30)27-22-11-4-5-12-22/h6-10,13-14,19,22H,4-5,11-12,15-16H2,1-3H3,(H,27,30)/t19-/m1/s1. The Kier molecular flexibility index (Phi) is 8.13. The molecule has 0 unspecified atom stereocenters. The van der Waals surface area contributed by atoms with E-state index in [9.17, 15) is 9.59 Å². The smallest absolute Gasteiger partial charge is 0.261 e. The maximum Gasteiger partial charge on any atom is 0.261 e. The molecule has 0 bridgehead atoms. The molecule has 0 heterocycles. The largest absolute Gasteiger partial charge is 0.483 e.